The maximum Gasteiger partial charge on any atom is 0.197 e. The molecule has 0 aromatic rings. The zero-order chi connectivity index (χ0) is 8.48. The highest BCUT2D eigenvalue weighted by atomic mass is 35.5. The lowest BCUT2D eigenvalue weighted by molar-refractivity contribution is 0.217. The summed E-state index contributed by atoms with van der Waals surface area (Å²) in [5.74, 6) is 0. The van der Waals surface area contributed by atoms with Crippen molar-refractivity contribution in [3.8, 4) is 0 Å². The molecule has 1 saturated carbocycles. The Balaban J connectivity index is 2.34. The number of halogens is 1. The second kappa shape index (κ2) is 3.47. The zero-order valence-corrected chi connectivity index (χ0v) is 8.57. The van der Waals surface area contributed by atoms with E-state index in [0.29, 0.717) is 0 Å². The molecule has 0 aliphatic heterocycles. The van der Waals surface area contributed by atoms with Crippen LogP contribution in [0.15, 0.2) is 0 Å². The van der Waals surface area contributed by atoms with Gasteiger partial charge in [0.15, 0.2) is 7.37 Å². The topological polar surface area (TPSA) is 26.3 Å². The van der Waals surface area contributed by atoms with Crippen molar-refractivity contribution in [2.75, 3.05) is 13.3 Å². The molecule has 11 heavy (non-hydrogen) atoms. The summed E-state index contributed by atoms with van der Waals surface area (Å²) in [7, 11) is -2.30. The van der Waals surface area contributed by atoms with E-state index in [1.807, 2.05) is 0 Å². The summed E-state index contributed by atoms with van der Waals surface area (Å²) < 4.78 is 16.6. The van der Waals surface area contributed by atoms with Crippen LogP contribution in [0.1, 0.15) is 19.3 Å². The molecule has 1 fully saturated rings. The van der Waals surface area contributed by atoms with Gasteiger partial charge in [-0.2, -0.15) is 0 Å². The second-order valence-corrected chi connectivity index (χ2v) is 6.72. The van der Waals surface area contributed by atoms with Crippen LogP contribution in [-0.4, -0.2) is 24.8 Å². The van der Waals surface area contributed by atoms with Gasteiger partial charge >= 0.3 is 0 Å². The standard InChI is InChI=1S/C7H14ClO2P/c1-11(2,9)10-7-4-3-6(8)5-7/h6-7H,3-5H2,1-2H3. The molecular weight excluding hydrogens is 183 g/mol. The van der Waals surface area contributed by atoms with Crippen LogP contribution in [0.2, 0.25) is 0 Å². The van der Waals surface area contributed by atoms with Gasteiger partial charge < -0.3 is 4.52 Å². The lowest BCUT2D eigenvalue weighted by atomic mass is 10.3. The van der Waals surface area contributed by atoms with E-state index in [4.69, 9.17) is 16.1 Å². The van der Waals surface area contributed by atoms with Gasteiger partial charge in [0.25, 0.3) is 0 Å². The first-order chi connectivity index (χ1) is 4.97. The Morgan fingerprint density at radius 3 is 2.45 bits per heavy atom. The van der Waals surface area contributed by atoms with Crippen molar-refractivity contribution < 1.29 is 9.09 Å². The van der Waals surface area contributed by atoms with E-state index < -0.39 is 7.37 Å². The van der Waals surface area contributed by atoms with Crippen molar-refractivity contribution in [2.45, 2.75) is 30.7 Å². The van der Waals surface area contributed by atoms with Crippen LogP contribution in [0.5, 0.6) is 0 Å². The summed E-state index contributed by atoms with van der Waals surface area (Å²) in [6, 6.07) is 0. The van der Waals surface area contributed by atoms with Crippen LogP contribution < -0.4 is 0 Å². The van der Waals surface area contributed by atoms with Crippen LogP contribution >= 0.6 is 19.0 Å². The van der Waals surface area contributed by atoms with Crippen molar-refractivity contribution in [3.05, 3.63) is 0 Å². The molecule has 1 aliphatic carbocycles. The fourth-order valence-electron chi connectivity index (χ4n) is 1.34. The molecule has 0 heterocycles. The number of rotatable bonds is 2. The van der Waals surface area contributed by atoms with Crippen molar-refractivity contribution in [3.63, 3.8) is 0 Å². The van der Waals surface area contributed by atoms with Gasteiger partial charge in [0.1, 0.15) is 0 Å². The molecule has 0 bridgehead atoms. The summed E-state index contributed by atoms with van der Waals surface area (Å²) in [5, 5.41) is 0.228. The van der Waals surface area contributed by atoms with E-state index in [9.17, 15) is 4.57 Å². The lowest BCUT2D eigenvalue weighted by Crippen LogP contribution is -2.05. The molecule has 2 atom stereocenters. The molecule has 0 saturated heterocycles. The number of hydrogen-bond donors (Lipinski definition) is 0. The van der Waals surface area contributed by atoms with E-state index in [1.165, 1.54) is 0 Å². The predicted octanol–water partition coefficient (Wildman–Crippen LogP) is 2.70. The van der Waals surface area contributed by atoms with Gasteiger partial charge in [-0.05, 0) is 19.3 Å². The van der Waals surface area contributed by atoms with Crippen molar-refractivity contribution in [1.29, 1.82) is 0 Å². The third-order valence-electron chi connectivity index (χ3n) is 1.72. The molecule has 1 rings (SSSR count). The highest BCUT2D eigenvalue weighted by Crippen LogP contribution is 2.43. The lowest BCUT2D eigenvalue weighted by Gasteiger charge is -2.14. The fraction of sp³-hybridized carbons (Fsp3) is 1.00. The minimum Gasteiger partial charge on any atom is -0.325 e. The quantitative estimate of drug-likeness (QED) is 0.502. The minimum atomic E-state index is -2.30. The van der Waals surface area contributed by atoms with E-state index >= 15 is 0 Å². The van der Waals surface area contributed by atoms with Gasteiger partial charge in [0.05, 0.1) is 6.10 Å². The van der Waals surface area contributed by atoms with Gasteiger partial charge in [-0.1, -0.05) is 0 Å². The molecule has 1 aliphatic rings. The Hall–Kier alpha value is 0.480. The number of alkyl halides is 1. The van der Waals surface area contributed by atoms with E-state index in [1.54, 1.807) is 13.3 Å². The number of hydrogen-bond acceptors (Lipinski definition) is 2. The monoisotopic (exact) mass is 196 g/mol. The van der Waals surface area contributed by atoms with Crippen LogP contribution in [-0.2, 0) is 9.09 Å². The predicted molar refractivity (Wildman–Crippen MR) is 47.8 cm³/mol. The summed E-state index contributed by atoms with van der Waals surface area (Å²) in [5.41, 5.74) is 0. The van der Waals surface area contributed by atoms with E-state index in [-0.39, 0.29) is 11.5 Å². The molecule has 2 unspecified atom stereocenters. The highest BCUT2D eigenvalue weighted by molar-refractivity contribution is 7.57. The molecule has 0 aromatic heterocycles. The first-order valence-corrected chi connectivity index (χ1v) is 6.80. The molecular formula is C7H14ClO2P. The Bertz CT molecular complexity index is 177. The molecule has 66 valence electrons. The average molecular weight is 197 g/mol. The Labute approximate surface area is 72.7 Å². The maximum absolute atomic E-state index is 11.2. The molecule has 0 amide bonds. The van der Waals surface area contributed by atoms with Crippen molar-refractivity contribution in [1.82, 2.24) is 0 Å². The third kappa shape index (κ3) is 3.59. The van der Waals surface area contributed by atoms with Gasteiger partial charge in [-0.25, -0.2) is 0 Å². The maximum atomic E-state index is 11.2. The molecule has 4 heteroatoms. The first kappa shape index (κ1) is 9.57. The van der Waals surface area contributed by atoms with Crippen LogP contribution in [0.4, 0.5) is 0 Å². The molecule has 0 aromatic carbocycles. The first-order valence-electron chi connectivity index (χ1n) is 3.85. The van der Waals surface area contributed by atoms with Gasteiger partial charge in [-0.15, -0.1) is 11.6 Å². The summed E-state index contributed by atoms with van der Waals surface area (Å²) in [4.78, 5) is 0. The van der Waals surface area contributed by atoms with Gasteiger partial charge in [-0.3, -0.25) is 4.57 Å². The van der Waals surface area contributed by atoms with Crippen LogP contribution in [0.25, 0.3) is 0 Å². The normalized spacial score (nSPS) is 32.6. The van der Waals surface area contributed by atoms with E-state index in [0.717, 1.165) is 19.3 Å². The molecule has 2 nitrogen and oxygen atoms in total. The summed E-state index contributed by atoms with van der Waals surface area (Å²) in [6.45, 7) is 3.29. The SMILES string of the molecule is CP(C)(=O)OC1CCC(Cl)C1. The summed E-state index contributed by atoms with van der Waals surface area (Å²) in [6.07, 6.45) is 2.94. The smallest absolute Gasteiger partial charge is 0.197 e. The van der Waals surface area contributed by atoms with Crippen LogP contribution in [0, 0.1) is 0 Å². The van der Waals surface area contributed by atoms with Gasteiger partial charge in [0, 0.05) is 18.7 Å². The Kier molecular flexibility index (Phi) is 3.02. The fourth-order valence-corrected chi connectivity index (χ4v) is 2.58. The second-order valence-electron chi connectivity index (χ2n) is 3.39. The van der Waals surface area contributed by atoms with Crippen molar-refractivity contribution in [2.24, 2.45) is 0 Å². The van der Waals surface area contributed by atoms with E-state index in [2.05, 4.69) is 0 Å². The van der Waals surface area contributed by atoms with Gasteiger partial charge in [0.2, 0.25) is 0 Å². The molecule has 0 radical (unpaired) electrons. The van der Waals surface area contributed by atoms with Crippen LogP contribution in [0.3, 0.4) is 0 Å². The summed E-state index contributed by atoms with van der Waals surface area (Å²) >= 11 is 5.87. The largest absolute Gasteiger partial charge is 0.325 e. The molecule has 0 N–H and O–H groups in total. The highest BCUT2D eigenvalue weighted by Gasteiger charge is 2.26. The van der Waals surface area contributed by atoms with Crippen molar-refractivity contribution >= 4 is 19.0 Å². The third-order valence-corrected chi connectivity index (χ3v) is 2.93. The molecule has 0 spiro atoms. The average Bonchev–Trinajstić information content (AvgIpc) is 2.10. The minimum absolute atomic E-state index is 0.137. The Morgan fingerprint density at radius 1 is 1.45 bits per heavy atom. The zero-order valence-electron chi connectivity index (χ0n) is 6.92. The Morgan fingerprint density at radius 2 is 2.09 bits per heavy atom.